The summed E-state index contributed by atoms with van der Waals surface area (Å²) < 4.78 is 5.15. The minimum absolute atomic E-state index is 0.430. The summed E-state index contributed by atoms with van der Waals surface area (Å²) in [5, 5.41) is 1.41. The molecule has 0 saturated heterocycles. The highest BCUT2D eigenvalue weighted by atomic mass is 28.2. The van der Waals surface area contributed by atoms with E-state index in [9.17, 15) is 0 Å². The summed E-state index contributed by atoms with van der Waals surface area (Å²) in [5.41, 5.74) is 1.36. The molecule has 0 amide bonds. The van der Waals surface area contributed by atoms with Crippen LogP contribution >= 0.6 is 0 Å². The quantitative estimate of drug-likeness (QED) is 0.556. The average molecular weight is 152 g/mol. The van der Waals surface area contributed by atoms with Gasteiger partial charge in [-0.3, -0.25) is 0 Å². The van der Waals surface area contributed by atoms with Crippen LogP contribution < -0.4 is 5.19 Å². The van der Waals surface area contributed by atoms with Crippen molar-refractivity contribution in [3.05, 3.63) is 29.8 Å². The van der Waals surface area contributed by atoms with Gasteiger partial charge < -0.3 is 4.43 Å². The van der Waals surface area contributed by atoms with Crippen LogP contribution in [0.1, 0.15) is 5.56 Å². The highest BCUT2D eigenvalue weighted by Crippen LogP contribution is 1.91. The fraction of sp³-hybridized carbons (Fsp3) is 0.250. The zero-order chi connectivity index (χ0) is 7.40. The van der Waals surface area contributed by atoms with Gasteiger partial charge in [-0.1, -0.05) is 29.8 Å². The second-order valence-corrected chi connectivity index (χ2v) is 3.99. The van der Waals surface area contributed by atoms with Gasteiger partial charge in [0.1, 0.15) is 0 Å². The molecule has 0 aliphatic rings. The molecule has 1 aromatic rings. The maximum atomic E-state index is 5.15. The van der Waals surface area contributed by atoms with Crippen LogP contribution in [0.2, 0.25) is 0 Å². The Bertz CT molecular complexity index is 210. The van der Waals surface area contributed by atoms with Gasteiger partial charge in [-0.15, -0.1) is 0 Å². The molecule has 2 heteroatoms. The monoisotopic (exact) mass is 152 g/mol. The van der Waals surface area contributed by atoms with Crippen molar-refractivity contribution in [3.8, 4) is 0 Å². The van der Waals surface area contributed by atoms with Crippen molar-refractivity contribution >= 4 is 14.9 Å². The number of hydrogen-bond acceptors (Lipinski definition) is 1. The number of hydrogen-bond donors (Lipinski definition) is 0. The summed E-state index contributed by atoms with van der Waals surface area (Å²) in [4.78, 5) is 0. The number of rotatable bonds is 2. The summed E-state index contributed by atoms with van der Waals surface area (Å²) >= 11 is 0. The van der Waals surface area contributed by atoms with Gasteiger partial charge >= 0.3 is 0 Å². The molecular weight excluding hydrogens is 140 g/mol. The van der Waals surface area contributed by atoms with Crippen molar-refractivity contribution in [2.75, 3.05) is 7.11 Å². The van der Waals surface area contributed by atoms with Crippen LogP contribution in [0.15, 0.2) is 24.3 Å². The van der Waals surface area contributed by atoms with E-state index in [0.29, 0.717) is 0 Å². The Labute approximate surface area is 64.0 Å². The number of benzene rings is 1. The highest BCUT2D eigenvalue weighted by molar-refractivity contribution is 6.47. The molecule has 0 N–H and O–H groups in total. The van der Waals surface area contributed by atoms with Crippen LogP contribution in [0.25, 0.3) is 0 Å². The van der Waals surface area contributed by atoms with E-state index in [0.717, 1.165) is 0 Å². The first-order valence-corrected chi connectivity index (χ1v) is 4.66. The fourth-order valence-corrected chi connectivity index (χ4v) is 1.82. The first-order chi connectivity index (χ1) is 4.84. The molecule has 0 aliphatic heterocycles. The molecule has 54 valence electrons. The molecule has 0 bridgehead atoms. The second-order valence-electron chi connectivity index (χ2n) is 2.36. The third-order valence-electron chi connectivity index (χ3n) is 1.56. The van der Waals surface area contributed by atoms with Crippen LogP contribution in [-0.4, -0.2) is 16.9 Å². The predicted molar refractivity (Wildman–Crippen MR) is 46.4 cm³/mol. The third-order valence-corrected chi connectivity index (χ3v) is 2.95. The maximum Gasteiger partial charge on any atom is 0.191 e. The molecule has 0 aliphatic carbocycles. The molecule has 10 heavy (non-hydrogen) atoms. The molecule has 0 unspecified atom stereocenters. The standard InChI is InChI=1S/C8H12OSi/c1-7-5-3-4-6-8(7)10-9-2/h3-6H,10H2,1-2H3. The van der Waals surface area contributed by atoms with Gasteiger partial charge in [-0.2, -0.15) is 0 Å². The van der Waals surface area contributed by atoms with E-state index in [2.05, 4.69) is 31.2 Å². The lowest BCUT2D eigenvalue weighted by Gasteiger charge is -2.00. The lowest BCUT2D eigenvalue weighted by molar-refractivity contribution is 0.450. The molecule has 0 aromatic heterocycles. The van der Waals surface area contributed by atoms with E-state index in [4.69, 9.17) is 4.43 Å². The van der Waals surface area contributed by atoms with E-state index in [1.54, 1.807) is 7.11 Å². The van der Waals surface area contributed by atoms with E-state index in [1.807, 2.05) is 0 Å². The third kappa shape index (κ3) is 1.69. The predicted octanol–water partition coefficient (Wildman–Crippen LogP) is 0.351. The molecule has 0 fully saturated rings. The van der Waals surface area contributed by atoms with E-state index >= 15 is 0 Å². The normalized spacial score (nSPS) is 11.0. The minimum atomic E-state index is -0.430. The fourth-order valence-electron chi connectivity index (χ4n) is 0.928. The van der Waals surface area contributed by atoms with Gasteiger partial charge in [0.05, 0.1) is 0 Å². The van der Waals surface area contributed by atoms with E-state index < -0.39 is 9.76 Å². The Kier molecular flexibility index (Phi) is 2.65. The van der Waals surface area contributed by atoms with Gasteiger partial charge in [0, 0.05) is 7.11 Å². The van der Waals surface area contributed by atoms with Crippen molar-refractivity contribution in [1.29, 1.82) is 0 Å². The zero-order valence-corrected chi connectivity index (χ0v) is 7.84. The Morgan fingerprint density at radius 1 is 1.30 bits per heavy atom. The maximum absolute atomic E-state index is 5.15. The molecule has 1 rings (SSSR count). The van der Waals surface area contributed by atoms with Crippen molar-refractivity contribution < 1.29 is 4.43 Å². The first-order valence-electron chi connectivity index (χ1n) is 3.38. The minimum Gasteiger partial charge on any atom is -0.422 e. The lowest BCUT2D eigenvalue weighted by atomic mass is 10.2. The summed E-state index contributed by atoms with van der Waals surface area (Å²) in [6.45, 7) is 2.13. The Balaban J connectivity index is 2.81. The van der Waals surface area contributed by atoms with Gasteiger partial charge in [0.2, 0.25) is 0 Å². The van der Waals surface area contributed by atoms with Crippen LogP contribution in [0.4, 0.5) is 0 Å². The lowest BCUT2D eigenvalue weighted by Crippen LogP contribution is -2.18. The summed E-state index contributed by atoms with van der Waals surface area (Å²) in [5.74, 6) is 0. The van der Waals surface area contributed by atoms with Crippen molar-refractivity contribution in [2.45, 2.75) is 6.92 Å². The van der Waals surface area contributed by atoms with Gasteiger partial charge in [0.25, 0.3) is 0 Å². The van der Waals surface area contributed by atoms with Gasteiger partial charge in [-0.25, -0.2) is 0 Å². The SMILES string of the molecule is CO[SiH2]c1ccccc1C. The van der Waals surface area contributed by atoms with Crippen LogP contribution in [0.5, 0.6) is 0 Å². The Morgan fingerprint density at radius 3 is 2.60 bits per heavy atom. The number of aryl methyl sites for hydroxylation is 1. The topological polar surface area (TPSA) is 9.23 Å². The summed E-state index contributed by atoms with van der Waals surface area (Å²) in [7, 11) is 1.35. The van der Waals surface area contributed by atoms with Crippen LogP contribution in [0.3, 0.4) is 0 Å². The van der Waals surface area contributed by atoms with Crippen LogP contribution in [-0.2, 0) is 4.43 Å². The zero-order valence-electron chi connectivity index (χ0n) is 6.42. The van der Waals surface area contributed by atoms with Crippen molar-refractivity contribution in [2.24, 2.45) is 0 Å². The Hall–Kier alpha value is -0.603. The first kappa shape index (κ1) is 7.50. The molecule has 0 heterocycles. The highest BCUT2D eigenvalue weighted by Gasteiger charge is 1.94. The van der Waals surface area contributed by atoms with Crippen molar-refractivity contribution in [1.82, 2.24) is 0 Å². The summed E-state index contributed by atoms with van der Waals surface area (Å²) in [6.07, 6.45) is 0. The molecule has 1 aromatic carbocycles. The van der Waals surface area contributed by atoms with E-state index in [-0.39, 0.29) is 0 Å². The second kappa shape index (κ2) is 3.54. The average Bonchev–Trinajstić information content (AvgIpc) is 1.94. The van der Waals surface area contributed by atoms with Gasteiger partial charge in [-0.05, 0) is 12.1 Å². The van der Waals surface area contributed by atoms with Crippen LogP contribution in [0, 0.1) is 6.92 Å². The molecular formula is C8H12OSi. The smallest absolute Gasteiger partial charge is 0.191 e. The largest absolute Gasteiger partial charge is 0.422 e. The molecule has 1 nitrogen and oxygen atoms in total. The Morgan fingerprint density at radius 2 is 2.00 bits per heavy atom. The molecule has 0 saturated carbocycles. The van der Waals surface area contributed by atoms with Gasteiger partial charge in [0.15, 0.2) is 9.76 Å². The molecule has 0 spiro atoms. The molecule has 0 radical (unpaired) electrons. The van der Waals surface area contributed by atoms with E-state index in [1.165, 1.54) is 10.8 Å². The van der Waals surface area contributed by atoms with Crippen molar-refractivity contribution in [3.63, 3.8) is 0 Å². The summed E-state index contributed by atoms with van der Waals surface area (Å²) in [6, 6.07) is 8.39. The molecule has 0 atom stereocenters.